The number of fused-ring (bicyclic) bond motifs is 1. The molecule has 0 saturated carbocycles. The van der Waals surface area contributed by atoms with Crippen LogP contribution in [0, 0.1) is 0 Å². The molecule has 0 bridgehead atoms. The number of nitrogens with zero attached hydrogens (tertiary/aromatic N) is 6. The maximum absolute atomic E-state index is 13.1. The third kappa shape index (κ3) is 5.79. The van der Waals surface area contributed by atoms with Gasteiger partial charge in [-0.25, -0.2) is 9.50 Å². The van der Waals surface area contributed by atoms with Gasteiger partial charge in [0.25, 0.3) is 5.78 Å². The summed E-state index contributed by atoms with van der Waals surface area (Å²) in [7, 11) is 0. The van der Waals surface area contributed by atoms with Crippen molar-refractivity contribution in [2.75, 3.05) is 43.8 Å². The van der Waals surface area contributed by atoms with Crippen LogP contribution >= 0.6 is 11.8 Å². The summed E-state index contributed by atoms with van der Waals surface area (Å²) in [4.78, 5) is 36.6. The first kappa shape index (κ1) is 23.0. The van der Waals surface area contributed by atoms with Crippen molar-refractivity contribution in [2.24, 2.45) is 0 Å². The van der Waals surface area contributed by atoms with Gasteiger partial charge in [0, 0.05) is 38.6 Å². The van der Waals surface area contributed by atoms with Crippen molar-refractivity contribution < 1.29 is 22.8 Å². The number of para-hydroxylation sites is 1. The minimum Gasteiger partial charge on any atom is -0.339 e. The Bertz CT molecular complexity index is 1110. The van der Waals surface area contributed by atoms with Crippen LogP contribution in [-0.4, -0.2) is 79.7 Å². The van der Waals surface area contributed by atoms with Gasteiger partial charge in [0.2, 0.25) is 17.0 Å². The number of thioether (sulfide) groups is 1. The Morgan fingerprint density at radius 2 is 1.85 bits per heavy atom. The lowest BCUT2D eigenvalue weighted by atomic mass is 10.1. The Labute approximate surface area is 191 Å². The number of piperazine rings is 1. The molecule has 1 aliphatic rings. The molecule has 9 nitrogen and oxygen atoms in total. The molecule has 4 rings (SSSR count). The second kappa shape index (κ2) is 9.75. The van der Waals surface area contributed by atoms with E-state index in [1.54, 1.807) is 28.3 Å². The first-order valence-corrected chi connectivity index (χ1v) is 11.0. The standard InChI is InChI=1S/C20H20F3N7O2S/c21-20(22,23)14-4-1-2-5-15(14)25-16(31)12-28-8-10-29(11-9-28)17(32)13-33-19-26-18-24-6-3-7-30(18)27-19/h1-7H,8-13H2,(H,25,31). The van der Waals surface area contributed by atoms with Gasteiger partial charge >= 0.3 is 6.18 Å². The Morgan fingerprint density at radius 3 is 2.58 bits per heavy atom. The molecule has 174 valence electrons. The first-order chi connectivity index (χ1) is 15.8. The summed E-state index contributed by atoms with van der Waals surface area (Å²) in [5.41, 5.74) is -1.15. The van der Waals surface area contributed by atoms with Crippen molar-refractivity contribution in [1.29, 1.82) is 0 Å². The van der Waals surface area contributed by atoms with E-state index in [9.17, 15) is 22.8 Å². The molecule has 1 saturated heterocycles. The Morgan fingerprint density at radius 1 is 1.09 bits per heavy atom. The predicted molar refractivity (Wildman–Crippen MR) is 115 cm³/mol. The van der Waals surface area contributed by atoms with Crippen molar-refractivity contribution in [3.8, 4) is 0 Å². The molecule has 13 heteroatoms. The number of hydrogen-bond acceptors (Lipinski definition) is 7. The first-order valence-electron chi connectivity index (χ1n) is 10.1. The summed E-state index contributed by atoms with van der Waals surface area (Å²) in [6.45, 7) is 1.68. The van der Waals surface area contributed by atoms with E-state index in [1.807, 2.05) is 0 Å². The molecule has 0 aliphatic carbocycles. The molecule has 1 fully saturated rings. The number of amides is 2. The lowest BCUT2D eigenvalue weighted by Gasteiger charge is -2.34. The second-order valence-corrected chi connectivity index (χ2v) is 8.24. The van der Waals surface area contributed by atoms with E-state index < -0.39 is 17.6 Å². The van der Waals surface area contributed by atoms with Gasteiger partial charge in [-0.05, 0) is 18.2 Å². The number of halogens is 3. The molecule has 0 radical (unpaired) electrons. The van der Waals surface area contributed by atoms with E-state index in [0.29, 0.717) is 37.1 Å². The van der Waals surface area contributed by atoms with Gasteiger partial charge in [0.15, 0.2) is 0 Å². The average molecular weight is 479 g/mol. The molecule has 0 spiro atoms. The van der Waals surface area contributed by atoms with Crippen LogP contribution in [0.2, 0.25) is 0 Å². The Balaban J connectivity index is 1.23. The van der Waals surface area contributed by atoms with E-state index in [-0.39, 0.29) is 23.9 Å². The van der Waals surface area contributed by atoms with Gasteiger partial charge in [-0.15, -0.1) is 5.10 Å². The summed E-state index contributed by atoms with van der Waals surface area (Å²) in [5.74, 6) is 0.0202. The van der Waals surface area contributed by atoms with E-state index >= 15 is 0 Å². The molecule has 2 aromatic heterocycles. The van der Waals surface area contributed by atoms with Crippen molar-refractivity contribution in [3.05, 3.63) is 48.3 Å². The van der Waals surface area contributed by atoms with Crippen LogP contribution in [0.4, 0.5) is 18.9 Å². The maximum atomic E-state index is 13.1. The number of carbonyl (C=O) groups is 2. The highest BCUT2D eigenvalue weighted by atomic mass is 32.2. The maximum Gasteiger partial charge on any atom is 0.418 e. The molecule has 0 atom stereocenters. The van der Waals surface area contributed by atoms with Gasteiger partial charge in [0.1, 0.15) is 0 Å². The number of hydrogen-bond donors (Lipinski definition) is 1. The number of nitrogens with one attached hydrogen (secondary N) is 1. The molecular formula is C20H20F3N7O2S. The van der Waals surface area contributed by atoms with Crippen molar-refractivity contribution in [2.45, 2.75) is 11.3 Å². The molecule has 1 N–H and O–H groups in total. The number of alkyl halides is 3. The fraction of sp³-hybridized carbons (Fsp3) is 0.350. The van der Waals surface area contributed by atoms with E-state index in [1.165, 1.54) is 34.5 Å². The van der Waals surface area contributed by atoms with Crippen LogP contribution in [0.5, 0.6) is 0 Å². The number of benzene rings is 1. The monoisotopic (exact) mass is 479 g/mol. The van der Waals surface area contributed by atoms with Crippen LogP contribution < -0.4 is 5.32 Å². The number of carbonyl (C=O) groups excluding carboxylic acids is 2. The highest BCUT2D eigenvalue weighted by Crippen LogP contribution is 2.34. The molecule has 1 aromatic carbocycles. The number of rotatable bonds is 6. The largest absolute Gasteiger partial charge is 0.418 e. The minimum absolute atomic E-state index is 0.0544. The van der Waals surface area contributed by atoms with Crippen LogP contribution in [0.15, 0.2) is 47.9 Å². The molecule has 3 heterocycles. The van der Waals surface area contributed by atoms with Gasteiger partial charge in [-0.2, -0.15) is 18.2 Å². The SMILES string of the molecule is O=C(CN1CCN(C(=O)CSc2nc3ncccn3n2)CC1)Nc1ccccc1C(F)(F)F. The molecule has 3 aromatic rings. The topological polar surface area (TPSA) is 95.7 Å². The van der Waals surface area contributed by atoms with Gasteiger partial charge in [-0.3, -0.25) is 14.5 Å². The Kier molecular flexibility index (Phi) is 6.79. The average Bonchev–Trinajstić information content (AvgIpc) is 3.20. The third-order valence-corrected chi connectivity index (χ3v) is 5.84. The summed E-state index contributed by atoms with van der Waals surface area (Å²) < 4.78 is 40.8. The molecular weight excluding hydrogens is 459 g/mol. The zero-order chi connectivity index (χ0) is 23.4. The van der Waals surface area contributed by atoms with Crippen molar-refractivity contribution in [1.82, 2.24) is 29.4 Å². The van der Waals surface area contributed by atoms with Crippen LogP contribution in [0.25, 0.3) is 5.78 Å². The third-order valence-electron chi connectivity index (χ3n) is 5.02. The molecule has 0 unspecified atom stereocenters. The van der Waals surface area contributed by atoms with Gasteiger partial charge < -0.3 is 10.2 Å². The fourth-order valence-corrected chi connectivity index (χ4v) is 4.11. The van der Waals surface area contributed by atoms with E-state index in [0.717, 1.165) is 6.07 Å². The normalized spacial score (nSPS) is 15.1. The zero-order valence-electron chi connectivity index (χ0n) is 17.3. The van der Waals surface area contributed by atoms with Gasteiger partial charge in [-0.1, -0.05) is 23.9 Å². The Hall–Kier alpha value is -3.19. The van der Waals surface area contributed by atoms with Crippen molar-refractivity contribution >= 4 is 35.0 Å². The van der Waals surface area contributed by atoms with E-state index in [4.69, 9.17) is 0 Å². The minimum atomic E-state index is -4.55. The number of anilines is 1. The highest BCUT2D eigenvalue weighted by Gasteiger charge is 2.33. The molecule has 1 aliphatic heterocycles. The van der Waals surface area contributed by atoms with Crippen LogP contribution in [-0.2, 0) is 15.8 Å². The fourth-order valence-electron chi connectivity index (χ4n) is 3.38. The van der Waals surface area contributed by atoms with Crippen molar-refractivity contribution in [3.63, 3.8) is 0 Å². The smallest absolute Gasteiger partial charge is 0.339 e. The lowest BCUT2D eigenvalue weighted by molar-refractivity contribution is -0.137. The number of aromatic nitrogens is 4. The molecule has 33 heavy (non-hydrogen) atoms. The quantitative estimate of drug-likeness (QED) is 0.541. The molecule has 2 amide bonds. The second-order valence-electron chi connectivity index (χ2n) is 7.30. The predicted octanol–water partition coefficient (Wildman–Crippen LogP) is 2.02. The summed E-state index contributed by atoms with van der Waals surface area (Å²) in [6, 6.07) is 6.59. The lowest BCUT2D eigenvalue weighted by Crippen LogP contribution is -2.50. The summed E-state index contributed by atoms with van der Waals surface area (Å²) >= 11 is 1.22. The highest BCUT2D eigenvalue weighted by molar-refractivity contribution is 7.99. The van der Waals surface area contributed by atoms with Crippen LogP contribution in [0.1, 0.15) is 5.56 Å². The summed E-state index contributed by atoms with van der Waals surface area (Å²) in [6.07, 6.45) is -1.22. The zero-order valence-corrected chi connectivity index (χ0v) is 18.1. The summed E-state index contributed by atoms with van der Waals surface area (Å²) in [5, 5.41) is 7.04. The van der Waals surface area contributed by atoms with E-state index in [2.05, 4.69) is 20.4 Å². The van der Waals surface area contributed by atoms with Gasteiger partial charge in [0.05, 0.1) is 23.5 Å². The van der Waals surface area contributed by atoms with Crippen LogP contribution in [0.3, 0.4) is 0 Å².